The number of rotatable bonds is 8. The van der Waals surface area contributed by atoms with Gasteiger partial charge in [0.25, 0.3) is 5.91 Å². The number of ether oxygens (including phenoxy) is 2. The molecule has 2 aliphatic heterocycles. The van der Waals surface area contributed by atoms with Gasteiger partial charge in [0.15, 0.2) is 0 Å². The molecular weight excluding hydrogens is 468 g/mol. The Balaban J connectivity index is 1.51. The van der Waals surface area contributed by atoms with E-state index in [2.05, 4.69) is 17.6 Å². The van der Waals surface area contributed by atoms with E-state index in [1.54, 1.807) is 17.0 Å². The van der Waals surface area contributed by atoms with Crippen LogP contribution in [0.15, 0.2) is 35.2 Å². The fourth-order valence-corrected chi connectivity index (χ4v) is 5.53. The lowest BCUT2D eigenvalue weighted by atomic mass is 10.2. The van der Waals surface area contributed by atoms with Crippen molar-refractivity contribution >= 4 is 46.3 Å². The number of esters is 1. The van der Waals surface area contributed by atoms with E-state index in [1.807, 2.05) is 32.1 Å². The fourth-order valence-electron chi connectivity index (χ4n) is 4.26. The van der Waals surface area contributed by atoms with Crippen LogP contribution in [-0.2, 0) is 14.3 Å². The van der Waals surface area contributed by atoms with E-state index in [4.69, 9.17) is 21.7 Å². The normalized spacial score (nSPS) is 19.4. The summed E-state index contributed by atoms with van der Waals surface area (Å²) < 4.78 is 13.7. The molecule has 0 radical (unpaired) electrons. The molecule has 0 spiro atoms. The number of benzene rings is 1. The van der Waals surface area contributed by atoms with Crippen molar-refractivity contribution in [3.63, 3.8) is 0 Å². The summed E-state index contributed by atoms with van der Waals surface area (Å²) in [5, 5.41) is 0. The molecule has 2 fully saturated rings. The summed E-state index contributed by atoms with van der Waals surface area (Å²) in [6.07, 6.45) is 5.84. The predicted octanol–water partition coefficient (Wildman–Crippen LogP) is 5.43. The van der Waals surface area contributed by atoms with Gasteiger partial charge in [-0.05, 0) is 75.1 Å². The molecular formula is C26H30N2O4S2. The molecule has 0 aliphatic carbocycles. The summed E-state index contributed by atoms with van der Waals surface area (Å²) in [5.74, 6) is -0.354. The minimum absolute atomic E-state index is 0.0544. The van der Waals surface area contributed by atoms with Gasteiger partial charge in [-0.1, -0.05) is 37.3 Å². The molecule has 1 atom stereocenters. The Labute approximate surface area is 210 Å². The molecule has 8 heteroatoms. The molecule has 180 valence electrons. The highest BCUT2D eigenvalue weighted by molar-refractivity contribution is 8.26. The standard InChI is InChI=1S/C26H30N2O4S2/c1-4-5-12-32-25(30)19-8-10-21(11-9-19)28-17(2)14-20(18(28)3)15-23-24(29)27(26(33)34-23)16-22-7-6-13-31-22/h8-11,14-15,22H,4-7,12-13,16H2,1-3H3/b23-15-/t22-/m0/s1. The monoisotopic (exact) mass is 498 g/mol. The lowest BCUT2D eigenvalue weighted by Crippen LogP contribution is -2.35. The molecule has 1 aromatic heterocycles. The van der Waals surface area contributed by atoms with E-state index in [0.29, 0.717) is 27.9 Å². The third-order valence-electron chi connectivity index (χ3n) is 6.13. The number of amides is 1. The first kappa shape index (κ1) is 24.7. The van der Waals surface area contributed by atoms with Crippen molar-refractivity contribution in [3.05, 3.63) is 57.8 Å². The molecule has 1 aromatic carbocycles. The van der Waals surface area contributed by atoms with E-state index < -0.39 is 0 Å². The van der Waals surface area contributed by atoms with E-state index >= 15 is 0 Å². The molecule has 0 bridgehead atoms. The minimum atomic E-state index is -0.299. The van der Waals surface area contributed by atoms with Gasteiger partial charge in [0.05, 0.1) is 29.7 Å². The second-order valence-electron chi connectivity index (χ2n) is 8.63. The molecule has 3 heterocycles. The number of aryl methyl sites for hydroxylation is 1. The zero-order valence-electron chi connectivity index (χ0n) is 19.8. The van der Waals surface area contributed by atoms with Crippen molar-refractivity contribution in [2.45, 2.75) is 52.6 Å². The lowest BCUT2D eigenvalue weighted by molar-refractivity contribution is -0.123. The second-order valence-corrected chi connectivity index (χ2v) is 10.3. The molecule has 2 saturated heterocycles. The number of nitrogens with zero attached hydrogens (tertiary/aromatic N) is 2. The maximum atomic E-state index is 13.0. The van der Waals surface area contributed by atoms with Crippen molar-refractivity contribution in [2.75, 3.05) is 19.8 Å². The van der Waals surface area contributed by atoms with Crippen LogP contribution in [0.3, 0.4) is 0 Å². The molecule has 4 rings (SSSR count). The zero-order valence-corrected chi connectivity index (χ0v) is 21.5. The summed E-state index contributed by atoms with van der Waals surface area (Å²) in [6.45, 7) is 7.83. The fraction of sp³-hybridized carbons (Fsp3) is 0.423. The third-order valence-corrected chi connectivity index (χ3v) is 7.51. The van der Waals surface area contributed by atoms with E-state index in [0.717, 1.165) is 54.9 Å². The number of unbranched alkanes of at least 4 members (excludes halogenated alkanes) is 1. The van der Waals surface area contributed by atoms with Crippen LogP contribution in [0.2, 0.25) is 0 Å². The number of carbonyl (C=O) groups is 2. The molecule has 2 aromatic rings. The minimum Gasteiger partial charge on any atom is -0.462 e. The van der Waals surface area contributed by atoms with Gasteiger partial charge in [0, 0.05) is 23.7 Å². The van der Waals surface area contributed by atoms with Crippen molar-refractivity contribution in [1.29, 1.82) is 0 Å². The van der Waals surface area contributed by atoms with Gasteiger partial charge in [0.2, 0.25) is 0 Å². The van der Waals surface area contributed by atoms with Crippen LogP contribution in [0.5, 0.6) is 0 Å². The Morgan fingerprint density at radius 3 is 2.74 bits per heavy atom. The van der Waals surface area contributed by atoms with Gasteiger partial charge in [-0.3, -0.25) is 9.69 Å². The van der Waals surface area contributed by atoms with Gasteiger partial charge in [0.1, 0.15) is 4.32 Å². The van der Waals surface area contributed by atoms with E-state index in [-0.39, 0.29) is 18.0 Å². The topological polar surface area (TPSA) is 60.8 Å². The van der Waals surface area contributed by atoms with Crippen LogP contribution >= 0.6 is 24.0 Å². The average molecular weight is 499 g/mol. The molecule has 34 heavy (non-hydrogen) atoms. The number of aromatic nitrogens is 1. The maximum absolute atomic E-state index is 13.0. The van der Waals surface area contributed by atoms with Gasteiger partial charge in [-0.15, -0.1) is 0 Å². The van der Waals surface area contributed by atoms with Gasteiger partial charge >= 0.3 is 5.97 Å². The Morgan fingerprint density at radius 2 is 2.06 bits per heavy atom. The highest BCUT2D eigenvalue weighted by atomic mass is 32.2. The summed E-state index contributed by atoms with van der Waals surface area (Å²) in [4.78, 5) is 27.5. The first-order valence-electron chi connectivity index (χ1n) is 11.7. The predicted molar refractivity (Wildman–Crippen MR) is 139 cm³/mol. The van der Waals surface area contributed by atoms with Gasteiger partial charge in [-0.25, -0.2) is 4.79 Å². The van der Waals surface area contributed by atoms with Crippen molar-refractivity contribution in [2.24, 2.45) is 0 Å². The Hall–Kier alpha value is -2.42. The molecule has 6 nitrogen and oxygen atoms in total. The number of hydrogen-bond acceptors (Lipinski definition) is 6. The summed E-state index contributed by atoms with van der Waals surface area (Å²) in [6, 6.07) is 9.48. The highest BCUT2D eigenvalue weighted by Gasteiger charge is 2.34. The summed E-state index contributed by atoms with van der Waals surface area (Å²) in [5.41, 5.74) is 4.51. The quantitative estimate of drug-likeness (QED) is 0.209. The SMILES string of the molecule is CCCCOC(=O)c1ccc(-n2c(C)cc(/C=C3\SC(=S)N(C[C@@H]4CCCO4)C3=O)c2C)cc1. The first-order valence-corrected chi connectivity index (χ1v) is 12.9. The number of carbonyl (C=O) groups excluding carboxylic acids is 2. The molecule has 1 amide bonds. The molecule has 0 unspecified atom stereocenters. The van der Waals surface area contributed by atoms with E-state index in [9.17, 15) is 9.59 Å². The largest absolute Gasteiger partial charge is 0.462 e. The number of thiocarbonyl (C=S) groups is 1. The van der Waals surface area contributed by atoms with Crippen LogP contribution in [0.4, 0.5) is 0 Å². The lowest BCUT2D eigenvalue weighted by Gasteiger charge is -2.18. The van der Waals surface area contributed by atoms with Crippen LogP contribution in [0.1, 0.15) is 59.9 Å². The van der Waals surface area contributed by atoms with E-state index in [1.165, 1.54) is 11.8 Å². The van der Waals surface area contributed by atoms with Crippen LogP contribution < -0.4 is 0 Å². The third kappa shape index (κ3) is 5.29. The van der Waals surface area contributed by atoms with Gasteiger partial charge < -0.3 is 14.0 Å². The van der Waals surface area contributed by atoms with Crippen LogP contribution in [0.25, 0.3) is 11.8 Å². The highest BCUT2D eigenvalue weighted by Crippen LogP contribution is 2.35. The Kier molecular flexibility index (Phi) is 7.91. The van der Waals surface area contributed by atoms with Crippen molar-refractivity contribution < 1.29 is 19.1 Å². The smallest absolute Gasteiger partial charge is 0.338 e. The summed E-state index contributed by atoms with van der Waals surface area (Å²) >= 11 is 6.83. The van der Waals surface area contributed by atoms with Gasteiger partial charge in [-0.2, -0.15) is 0 Å². The number of hydrogen-bond donors (Lipinski definition) is 0. The summed E-state index contributed by atoms with van der Waals surface area (Å²) in [7, 11) is 0. The molecule has 2 aliphatic rings. The van der Waals surface area contributed by atoms with Crippen molar-refractivity contribution in [3.8, 4) is 5.69 Å². The second kappa shape index (κ2) is 10.9. The molecule has 0 N–H and O–H groups in total. The molecule has 0 saturated carbocycles. The van der Waals surface area contributed by atoms with Crippen molar-refractivity contribution in [1.82, 2.24) is 9.47 Å². The Bertz CT molecular complexity index is 1110. The van der Waals surface area contributed by atoms with Crippen LogP contribution in [-0.4, -0.2) is 51.5 Å². The van der Waals surface area contributed by atoms with Crippen LogP contribution in [0, 0.1) is 13.8 Å². The zero-order chi connectivity index (χ0) is 24.2. The maximum Gasteiger partial charge on any atom is 0.338 e. The first-order chi connectivity index (χ1) is 16.4. The Morgan fingerprint density at radius 1 is 1.29 bits per heavy atom. The average Bonchev–Trinajstić information content (AvgIpc) is 3.50. The number of thioether (sulfide) groups is 1.